The van der Waals surface area contributed by atoms with E-state index in [4.69, 9.17) is 18.9 Å². The second kappa shape index (κ2) is 10.3. The molecule has 0 amide bonds. The summed E-state index contributed by atoms with van der Waals surface area (Å²) < 4.78 is 21.4. The van der Waals surface area contributed by atoms with Crippen molar-refractivity contribution in [1.82, 2.24) is 0 Å². The van der Waals surface area contributed by atoms with E-state index in [0.717, 1.165) is 11.1 Å². The summed E-state index contributed by atoms with van der Waals surface area (Å²) in [5.41, 5.74) is 4.14. The Morgan fingerprint density at radius 1 is 0.568 bits per heavy atom. The molecule has 0 aromatic heterocycles. The summed E-state index contributed by atoms with van der Waals surface area (Å²) in [6.07, 6.45) is 3.18. The van der Waals surface area contributed by atoms with Crippen molar-refractivity contribution in [3.05, 3.63) is 83.9 Å². The van der Waals surface area contributed by atoms with Crippen molar-refractivity contribution in [1.29, 1.82) is 0 Å². The van der Waals surface area contributed by atoms with Crippen molar-refractivity contribution < 1.29 is 48.6 Å². The molecule has 0 unspecified atom stereocenters. The van der Waals surface area contributed by atoms with E-state index in [-0.39, 0.29) is 44.6 Å². The van der Waals surface area contributed by atoms with Crippen LogP contribution in [0.5, 0.6) is 34.5 Å². The average Bonchev–Trinajstić information content (AvgIpc) is 3.55. The predicted molar refractivity (Wildman–Crippen MR) is 135 cm³/mol. The Hall–Kier alpha value is -4.36. The topological polar surface area (TPSA) is 102 Å². The largest absolute Gasteiger partial charge is 0.507 e. The maximum atomic E-state index is 10.4. The summed E-state index contributed by atoms with van der Waals surface area (Å²) in [7, 11) is 0. The molecule has 2 heterocycles. The Morgan fingerprint density at radius 3 is 1.38 bits per heavy atom. The van der Waals surface area contributed by atoms with E-state index in [9.17, 15) is 10.2 Å². The van der Waals surface area contributed by atoms with Crippen LogP contribution in [0.1, 0.15) is 11.1 Å². The molecule has 0 spiro atoms. The number of benzene rings is 4. The summed E-state index contributed by atoms with van der Waals surface area (Å²) >= 11 is 0. The molecule has 2 aliphatic rings. The first kappa shape index (κ1) is 24.3. The van der Waals surface area contributed by atoms with Gasteiger partial charge in [-0.1, -0.05) is 36.4 Å². The number of ether oxygens (including phenoxy) is 4. The molecule has 6 rings (SSSR count). The first-order valence-corrected chi connectivity index (χ1v) is 11.2. The Bertz CT molecular complexity index is 1420. The van der Waals surface area contributed by atoms with E-state index >= 15 is 0 Å². The summed E-state index contributed by atoms with van der Waals surface area (Å²) in [6.45, 7) is 0.249. The van der Waals surface area contributed by atoms with Gasteiger partial charge in [-0.05, 0) is 24.3 Å². The zero-order valence-corrected chi connectivity index (χ0v) is 22.6. The summed E-state index contributed by atoms with van der Waals surface area (Å²) in [5, 5.41) is 20.7. The van der Waals surface area contributed by atoms with Crippen LogP contribution in [0.15, 0.2) is 82.8 Å². The smallest absolute Gasteiger partial charge is 0.231 e. The van der Waals surface area contributed by atoms with Gasteiger partial charge in [0.05, 0.1) is 11.4 Å². The van der Waals surface area contributed by atoms with Gasteiger partial charge in [0.15, 0.2) is 23.0 Å². The Kier molecular flexibility index (Phi) is 6.79. The molecule has 8 nitrogen and oxygen atoms in total. The van der Waals surface area contributed by atoms with Gasteiger partial charge in [0, 0.05) is 66.3 Å². The predicted octanol–water partition coefficient (Wildman–Crippen LogP) is 5.72. The van der Waals surface area contributed by atoms with Gasteiger partial charge in [0.25, 0.3) is 0 Å². The summed E-state index contributed by atoms with van der Waals surface area (Å²) in [4.78, 5) is 9.30. The van der Waals surface area contributed by atoms with Crippen molar-refractivity contribution in [2.75, 3.05) is 13.6 Å². The average molecular weight is 546 g/mol. The van der Waals surface area contributed by atoms with Crippen LogP contribution in [0.25, 0.3) is 11.1 Å². The zero-order valence-electron chi connectivity index (χ0n) is 19.6. The van der Waals surface area contributed by atoms with Crippen molar-refractivity contribution >= 4 is 23.8 Å². The SMILES string of the molecule is Oc1cc2c(cc1C=Nc1ccccc1-c1ccccc1N=Cc1cc3c(cc1O)OCO3)OCO2.[Zn]. The molecule has 0 atom stereocenters. The number of nitrogens with zero attached hydrogens (tertiary/aromatic N) is 2. The van der Waals surface area contributed by atoms with E-state index in [2.05, 4.69) is 9.98 Å². The Morgan fingerprint density at radius 2 is 0.946 bits per heavy atom. The van der Waals surface area contributed by atoms with Crippen LogP contribution < -0.4 is 18.9 Å². The quantitative estimate of drug-likeness (QED) is 0.246. The minimum Gasteiger partial charge on any atom is -0.507 e. The van der Waals surface area contributed by atoms with Crippen molar-refractivity contribution in [2.45, 2.75) is 0 Å². The molecule has 4 aromatic rings. The van der Waals surface area contributed by atoms with Gasteiger partial charge in [0.2, 0.25) is 13.6 Å². The molecule has 180 valence electrons. The first-order chi connectivity index (χ1) is 17.7. The number of phenols is 2. The van der Waals surface area contributed by atoms with Crippen molar-refractivity contribution in [3.8, 4) is 45.6 Å². The van der Waals surface area contributed by atoms with Gasteiger partial charge < -0.3 is 29.2 Å². The normalized spacial score (nSPS) is 13.3. The van der Waals surface area contributed by atoms with Gasteiger partial charge >= 0.3 is 0 Å². The molecule has 4 aromatic carbocycles. The third-order valence-electron chi connectivity index (χ3n) is 5.83. The van der Waals surface area contributed by atoms with Crippen LogP contribution in [0, 0.1) is 0 Å². The molecule has 37 heavy (non-hydrogen) atoms. The third kappa shape index (κ3) is 4.86. The standard InChI is InChI=1S/C28H20N2O6.Zn/c31-23-11-27-25(33-15-35-27)9-17(23)13-29-21-7-3-1-5-19(21)20-6-2-4-8-22(20)30-14-18-10-26-28(12-24(18)32)36-16-34-26;/h1-14,31-32H,15-16H2;. The number of aromatic hydroxyl groups is 2. The molecule has 0 fully saturated rings. The Balaban J connectivity index is 0.00000280. The fraction of sp³-hybridized carbons (Fsp3) is 0.0714. The number of hydrogen-bond donors (Lipinski definition) is 2. The second-order valence-corrected chi connectivity index (χ2v) is 8.08. The number of para-hydroxylation sites is 2. The van der Waals surface area contributed by atoms with Crippen LogP contribution in [-0.4, -0.2) is 36.2 Å². The van der Waals surface area contributed by atoms with E-state index in [1.165, 1.54) is 12.1 Å². The molecular formula is C28H20N2O6Zn. The van der Waals surface area contributed by atoms with E-state index < -0.39 is 0 Å². The van der Waals surface area contributed by atoms with Gasteiger partial charge in [-0.2, -0.15) is 0 Å². The van der Waals surface area contributed by atoms with E-state index in [1.54, 1.807) is 24.6 Å². The minimum absolute atomic E-state index is 0. The minimum atomic E-state index is 0. The molecule has 0 saturated heterocycles. The zero-order chi connectivity index (χ0) is 24.5. The molecular weight excluding hydrogens is 526 g/mol. The molecule has 0 saturated carbocycles. The van der Waals surface area contributed by atoms with Crippen LogP contribution >= 0.6 is 0 Å². The number of fused-ring (bicyclic) bond motifs is 2. The number of aliphatic imine (C=N–C) groups is 2. The molecule has 0 radical (unpaired) electrons. The van der Waals surface area contributed by atoms with E-state index in [1.807, 2.05) is 48.5 Å². The molecule has 2 N–H and O–H groups in total. The summed E-state index contributed by atoms with van der Waals surface area (Å²) in [6, 6.07) is 21.8. The van der Waals surface area contributed by atoms with Crippen LogP contribution in [0.3, 0.4) is 0 Å². The molecule has 9 heteroatoms. The molecule has 0 aliphatic carbocycles. The van der Waals surface area contributed by atoms with Gasteiger partial charge in [0.1, 0.15) is 11.5 Å². The second-order valence-electron chi connectivity index (χ2n) is 8.08. The van der Waals surface area contributed by atoms with E-state index in [0.29, 0.717) is 45.5 Å². The fourth-order valence-electron chi connectivity index (χ4n) is 4.01. The maximum Gasteiger partial charge on any atom is 0.231 e. The van der Waals surface area contributed by atoms with Crippen molar-refractivity contribution in [2.24, 2.45) is 9.98 Å². The molecule has 2 aliphatic heterocycles. The van der Waals surface area contributed by atoms with Crippen LogP contribution in [0.2, 0.25) is 0 Å². The maximum absolute atomic E-state index is 10.4. The third-order valence-corrected chi connectivity index (χ3v) is 5.83. The number of hydrogen-bond acceptors (Lipinski definition) is 8. The summed E-state index contributed by atoms with van der Waals surface area (Å²) in [5.74, 6) is 2.24. The van der Waals surface area contributed by atoms with Crippen LogP contribution in [-0.2, 0) is 19.5 Å². The number of phenolic OH excluding ortho intramolecular Hbond substituents is 2. The van der Waals surface area contributed by atoms with Crippen molar-refractivity contribution in [3.63, 3.8) is 0 Å². The first-order valence-electron chi connectivity index (χ1n) is 11.2. The van der Waals surface area contributed by atoms with Gasteiger partial charge in [-0.25, -0.2) is 0 Å². The van der Waals surface area contributed by atoms with Crippen LogP contribution in [0.4, 0.5) is 11.4 Å². The van der Waals surface area contributed by atoms with Gasteiger partial charge in [-0.3, -0.25) is 9.98 Å². The fourth-order valence-corrected chi connectivity index (χ4v) is 4.01. The van der Waals surface area contributed by atoms with Gasteiger partial charge in [-0.15, -0.1) is 0 Å². The monoisotopic (exact) mass is 544 g/mol. The molecule has 0 bridgehead atoms. The number of rotatable bonds is 5. The Labute approximate surface area is 225 Å².